The fourth-order valence-corrected chi connectivity index (χ4v) is 2.13. The average Bonchev–Trinajstić information content (AvgIpc) is 2.50. The van der Waals surface area contributed by atoms with Crippen LogP contribution in [-0.2, 0) is 9.53 Å². The summed E-state index contributed by atoms with van der Waals surface area (Å²) in [5, 5.41) is 3.20. The van der Waals surface area contributed by atoms with Gasteiger partial charge in [-0.3, -0.25) is 0 Å². The number of esters is 1. The second-order valence-corrected chi connectivity index (χ2v) is 4.72. The molecule has 1 heterocycles. The van der Waals surface area contributed by atoms with Gasteiger partial charge < -0.3 is 19.5 Å². The van der Waals surface area contributed by atoms with Crippen molar-refractivity contribution in [2.75, 3.05) is 25.6 Å². The van der Waals surface area contributed by atoms with Crippen LogP contribution >= 0.6 is 0 Å². The molecule has 1 aliphatic heterocycles. The monoisotopic (exact) mass is 279 g/mol. The molecule has 1 aliphatic rings. The van der Waals surface area contributed by atoms with Crippen LogP contribution in [0.4, 0.5) is 5.69 Å². The van der Waals surface area contributed by atoms with E-state index in [1.807, 2.05) is 18.2 Å². The minimum absolute atomic E-state index is 0.242. The van der Waals surface area contributed by atoms with E-state index in [1.165, 1.54) is 7.11 Å². The molecule has 0 aliphatic carbocycles. The van der Waals surface area contributed by atoms with Crippen LogP contribution in [0.25, 0.3) is 0 Å². The minimum Gasteiger partial charge on any atom is -0.486 e. The Morgan fingerprint density at radius 3 is 2.80 bits per heavy atom. The molecular weight excluding hydrogens is 258 g/mol. The normalized spacial score (nSPS) is 14.5. The fraction of sp³-hybridized carbons (Fsp3) is 0.533. The Kier molecular flexibility index (Phi) is 5.09. The SMILES string of the molecule is CCCCC(Nc1ccc2c(c1)OCCO2)C(=O)OC. The number of anilines is 1. The highest BCUT2D eigenvalue weighted by Gasteiger charge is 2.19. The molecule has 1 aromatic rings. The van der Waals surface area contributed by atoms with E-state index < -0.39 is 0 Å². The van der Waals surface area contributed by atoms with Crippen molar-refractivity contribution in [3.05, 3.63) is 18.2 Å². The molecule has 0 fully saturated rings. The van der Waals surface area contributed by atoms with Gasteiger partial charge in [0.2, 0.25) is 0 Å². The number of fused-ring (bicyclic) bond motifs is 1. The highest BCUT2D eigenvalue weighted by Crippen LogP contribution is 2.33. The van der Waals surface area contributed by atoms with Crippen LogP contribution in [0.5, 0.6) is 11.5 Å². The number of carbonyl (C=O) groups excluding carboxylic acids is 1. The summed E-state index contributed by atoms with van der Waals surface area (Å²) >= 11 is 0. The lowest BCUT2D eigenvalue weighted by Gasteiger charge is -2.21. The highest BCUT2D eigenvalue weighted by molar-refractivity contribution is 5.79. The Bertz CT molecular complexity index is 461. The Morgan fingerprint density at radius 2 is 2.10 bits per heavy atom. The Balaban J connectivity index is 2.07. The number of ether oxygens (including phenoxy) is 3. The van der Waals surface area contributed by atoms with Crippen molar-refractivity contribution < 1.29 is 19.0 Å². The largest absolute Gasteiger partial charge is 0.486 e. The van der Waals surface area contributed by atoms with E-state index in [0.717, 1.165) is 30.7 Å². The third-order valence-electron chi connectivity index (χ3n) is 3.22. The third-order valence-corrected chi connectivity index (χ3v) is 3.22. The Hall–Kier alpha value is -1.91. The van der Waals surface area contributed by atoms with E-state index in [-0.39, 0.29) is 12.0 Å². The topological polar surface area (TPSA) is 56.8 Å². The first-order chi connectivity index (χ1) is 9.74. The zero-order valence-corrected chi connectivity index (χ0v) is 12.0. The maximum Gasteiger partial charge on any atom is 0.328 e. The van der Waals surface area contributed by atoms with E-state index in [4.69, 9.17) is 14.2 Å². The van der Waals surface area contributed by atoms with Crippen molar-refractivity contribution in [1.29, 1.82) is 0 Å². The molecule has 5 nitrogen and oxygen atoms in total. The van der Waals surface area contributed by atoms with Crippen LogP contribution in [0.3, 0.4) is 0 Å². The van der Waals surface area contributed by atoms with Crippen LogP contribution in [-0.4, -0.2) is 32.3 Å². The van der Waals surface area contributed by atoms with Gasteiger partial charge >= 0.3 is 5.97 Å². The maximum absolute atomic E-state index is 11.8. The van der Waals surface area contributed by atoms with Gasteiger partial charge in [0, 0.05) is 11.8 Å². The molecule has 2 rings (SSSR count). The molecule has 0 saturated heterocycles. The third kappa shape index (κ3) is 3.56. The lowest BCUT2D eigenvalue weighted by Crippen LogP contribution is -2.30. The first kappa shape index (κ1) is 14.5. The van der Waals surface area contributed by atoms with Gasteiger partial charge in [0.1, 0.15) is 19.3 Å². The van der Waals surface area contributed by atoms with Gasteiger partial charge in [-0.2, -0.15) is 0 Å². The molecule has 1 N–H and O–H groups in total. The van der Waals surface area contributed by atoms with E-state index in [9.17, 15) is 4.79 Å². The second kappa shape index (κ2) is 7.03. The number of benzene rings is 1. The molecule has 20 heavy (non-hydrogen) atoms. The van der Waals surface area contributed by atoms with Gasteiger partial charge in [-0.05, 0) is 18.6 Å². The molecule has 0 amide bonds. The van der Waals surface area contributed by atoms with E-state index in [2.05, 4.69) is 12.2 Å². The fourth-order valence-electron chi connectivity index (χ4n) is 2.13. The summed E-state index contributed by atoms with van der Waals surface area (Å²) in [7, 11) is 1.41. The van der Waals surface area contributed by atoms with Gasteiger partial charge in [0.25, 0.3) is 0 Å². The molecule has 5 heteroatoms. The van der Waals surface area contributed by atoms with Crippen LogP contribution in [0.2, 0.25) is 0 Å². The van der Waals surface area contributed by atoms with Crippen LogP contribution in [0, 0.1) is 0 Å². The average molecular weight is 279 g/mol. The van der Waals surface area contributed by atoms with Crippen molar-refractivity contribution >= 4 is 11.7 Å². The van der Waals surface area contributed by atoms with E-state index in [0.29, 0.717) is 19.0 Å². The summed E-state index contributed by atoms with van der Waals surface area (Å²) in [6.07, 6.45) is 2.76. The summed E-state index contributed by atoms with van der Waals surface area (Å²) in [6.45, 7) is 3.21. The number of carbonyl (C=O) groups is 1. The lowest BCUT2D eigenvalue weighted by molar-refractivity contribution is -0.141. The zero-order chi connectivity index (χ0) is 14.4. The molecule has 0 bridgehead atoms. The highest BCUT2D eigenvalue weighted by atomic mass is 16.6. The minimum atomic E-state index is -0.331. The number of methoxy groups -OCH3 is 1. The predicted octanol–water partition coefficient (Wildman–Crippen LogP) is 2.60. The maximum atomic E-state index is 11.8. The summed E-state index contributed by atoms with van der Waals surface area (Å²) < 4.78 is 15.8. The first-order valence-electron chi connectivity index (χ1n) is 6.98. The van der Waals surface area contributed by atoms with E-state index >= 15 is 0 Å². The van der Waals surface area contributed by atoms with Gasteiger partial charge in [0.15, 0.2) is 11.5 Å². The molecule has 1 atom stereocenters. The lowest BCUT2D eigenvalue weighted by atomic mass is 10.1. The smallest absolute Gasteiger partial charge is 0.328 e. The van der Waals surface area contributed by atoms with Gasteiger partial charge in [-0.1, -0.05) is 19.8 Å². The number of hydrogen-bond donors (Lipinski definition) is 1. The number of nitrogens with one attached hydrogen (secondary N) is 1. The van der Waals surface area contributed by atoms with Crippen molar-refractivity contribution in [3.8, 4) is 11.5 Å². The quantitative estimate of drug-likeness (QED) is 0.811. The van der Waals surface area contributed by atoms with Crippen molar-refractivity contribution in [3.63, 3.8) is 0 Å². The molecule has 1 unspecified atom stereocenters. The Morgan fingerprint density at radius 1 is 1.35 bits per heavy atom. The van der Waals surface area contributed by atoms with Crippen molar-refractivity contribution in [2.24, 2.45) is 0 Å². The van der Waals surface area contributed by atoms with Gasteiger partial charge in [-0.15, -0.1) is 0 Å². The van der Waals surface area contributed by atoms with Crippen LogP contribution in [0.1, 0.15) is 26.2 Å². The summed E-state index contributed by atoms with van der Waals surface area (Å²) in [6, 6.07) is 5.26. The molecule has 110 valence electrons. The number of hydrogen-bond acceptors (Lipinski definition) is 5. The number of rotatable bonds is 6. The molecular formula is C15H21NO4. The molecule has 0 radical (unpaired) electrons. The molecule has 1 aromatic carbocycles. The van der Waals surface area contributed by atoms with E-state index in [1.54, 1.807) is 0 Å². The molecule has 0 aromatic heterocycles. The van der Waals surface area contributed by atoms with Crippen molar-refractivity contribution in [1.82, 2.24) is 0 Å². The van der Waals surface area contributed by atoms with Crippen LogP contribution < -0.4 is 14.8 Å². The zero-order valence-electron chi connectivity index (χ0n) is 12.0. The van der Waals surface area contributed by atoms with Gasteiger partial charge in [0.05, 0.1) is 7.11 Å². The van der Waals surface area contributed by atoms with Crippen molar-refractivity contribution in [2.45, 2.75) is 32.2 Å². The van der Waals surface area contributed by atoms with Crippen LogP contribution in [0.15, 0.2) is 18.2 Å². The summed E-state index contributed by atoms with van der Waals surface area (Å²) in [4.78, 5) is 11.8. The second-order valence-electron chi connectivity index (χ2n) is 4.72. The summed E-state index contributed by atoms with van der Waals surface area (Å²) in [5.74, 6) is 1.21. The molecule has 0 saturated carbocycles. The van der Waals surface area contributed by atoms with Gasteiger partial charge in [-0.25, -0.2) is 4.79 Å². The predicted molar refractivity (Wildman–Crippen MR) is 76.4 cm³/mol. The first-order valence-corrected chi connectivity index (χ1v) is 6.98. The Labute approximate surface area is 119 Å². The standard InChI is InChI=1S/C15H21NO4/c1-3-4-5-12(15(17)18-2)16-11-6-7-13-14(10-11)20-9-8-19-13/h6-7,10,12,16H,3-5,8-9H2,1-2H3. The number of unbranched alkanes of at least 4 members (excludes halogenated alkanes) is 1. The summed E-state index contributed by atoms with van der Waals surface area (Å²) in [5.41, 5.74) is 0.834. The molecule has 0 spiro atoms.